The van der Waals surface area contributed by atoms with Gasteiger partial charge < -0.3 is 9.84 Å². The van der Waals surface area contributed by atoms with Crippen LogP contribution >= 0.6 is 0 Å². The normalized spacial score (nSPS) is 15.1. The summed E-state index contributed by atoms with van der Waals surface area (Å²) in [7, 11) is 0. The van der Waals surface area contributed by atoms with Crippen LogP contribution in [-0.2, 0) is 4.74 Å². The lowest BCUT2D eigenvalue weighted by Gasteiger charge is -1.96. The molecule has 84 valence electrons. The number of ether oxygens (including phenoxy) is 1. The van der Waals surface area contributed by atoms with Gasteiger partial charge in [-0.25, -0.2) is 9.79 Å². The second kappa shape index (κ2) is 4.05. The Labute approximate surface area is 89.1 Å². The summed E-state index contributed by atoms with van der Waals surface area (Å²) in [5.74, 6) is -0.0893. The maximum absolute atomic E-state index is 11.3. The number of rotatable bonds is 2. The van der Waals surface area contributed by atoms with Crippen molar-refractivity contribution >= 4 is 12.0 Å². The first kappa shape index (κ1) is 10.2. The van der Waals surface area contributed by atoms with Crippen molar-refractivity contribution in [2.45, 2.75) is 0 Å². The smallest absolute Gasteiger partial charge is 0.328 e. The largest absolute Gasteiger partial charge is 0.494 e. The van der Waals surface area contributed by atoms with E-state index in [1.54, 1.807) is 0 Å². The highest BCUT2D eigenvalue weighted by molar-refractivity contribution is 5.92. The summed E-state index contributed by atoms with van der Waals surface area (Å²) in [4.78, 5) is 30.1. The van der Waals surface area contributed by atoms with Crippen molar-refractivity contribution in [2.75, 3.05) is 13.2 Å². The number of nitrogens with one attached hydrogen (secondary N) is 2. The Hall–Kier alpha value is -2.31. The molecule has 0 amide bonds. The molecule has 0 spiro atoms. The van der Waals surface area contributed by atoms with Crippen LogP contribution in [0.2, 0.25) is 0 Å². The van der Waals surface area contributed by atoms with Crippen LogP contribution in [0.25, 0.3) is 6.08 Å². The monoisotopic (exact) mass is 223 g/mol. The van der Waals surface area contributed by atoms with Crippen LogP contribution in [0, 0.1) is 0 Å². The summed E-state index contributed by atoms with van der Waals surface area (Å²) in [6.45, 7) is 1.08. The molecule has 7 nitrogen and oxygen atoms in total. The topological polar surface area (TPSA) is 108 Å². The fourth-order valence-corrected chi connectivity index (χ4v) is 1.25. The van der Waals surface area contributed by atoms with Crippen LogP contribution in [0.4, 0.5) is 0 Å². The number of aliphatic imine (C=N–C) groups is 1. The lowest BCUT2D eigenvalue weighted by Crippen LogP contribution is -2.23. The molecular weight excluding hydrogens is 214 g/mol. The zero-order valence-electron chi connectivity index (χ0n) is 8.19. The van der Waals surface area contributed by atoms with Crippen molar-refractivity contribution < 1.29 is 9.84 Å². The minimum Gasteiger partial charge on any atom is -0.494 e. The van der Waals surface area contributed by atoms with E-state index in [-0.39, 0.29) is 5.56 Å². The molecule has 1 aliphatic rings. The van der Waals surface area contributed by atoms with Gasteiger partial charge in [0.15, 0.2) is 0 Å². The second-order valence-electron chi connectivity index (χ2n) is 3.07. The lowest BCUT2D eigenvalue weighted by atomic mass is 10.3. The van der Waals surface area contributed by atoms with Crippen molar-refractivity contribution in [2.24, 2.45) is 4.99 Å². The van der Waals surface area contributed by atoms with Gasteiger partial charge in [-0.2, -0.15) is 0 Å². The van der Waals surface area contributed by atoms with Gasteiger partial charge in [0.1, 0.15) is 12.2 Å². The van der Waals surface area contributed by atoms with Gasteiger partial charge in [0.2, 0.25) is 11.8 Å². The van der Waals surface area contributed by atoms with Gasteiger partial charge in [0.05, 0.1) is 6.54 Å². The zero-order chi connectivity index (χ0) is 11.5. The molecule has 0 aromatic carbocycles. The molecule has 0 bridgehead atoms. The average molecular weight is 223 g/mol. The Morgan fingerprint density at radius 3 is 2.75 bits per heavy atom. The van der Waals surface area contributed by atoms with E-state index in [1.165, 1.54) is 12.2 Å². The molecule has 0 unspecified atom stereocenters. The number of aromatic amines is 2. The van der Waals surface area contributed by atoms with E-state index >= 15 is 0 Å². The molecular formula is C9H9N3O4. The fourth-order valence-electron chi connectivity index (χ4n) is 1.25. The molecule has 1 aromatic heterocycles. The van der Waals surface area contributed by atoms with E-state index in [9.17, 15) is 14.7 Å². The van der Waals surface area contributed by atoms with Gasteiger partial charge in [0.25, 0.3) is 5.56 Å². The molecule has 7 heteroatoms. The first-order valence-electron chi connectivity index (χ1n) is 4.58. The van der Waals surface area contributed by atoms with E-state index in [0.29, 0.717) is 19.0 Å². The lowest BCUT2D eigenvalue weighted by molar-refractivity contribution is 0.350. The summed E-state index contributed by atoms with van der Waals surface area (Å²) in [6, 6.07) is 0. The molecule has 0 atom stereocenters. The SMILES string of the molecule is O=c1[nH]c(O)c(C=CC2=NCCO2)c(=O)[nH]1. The molecule has 1 aliphatic heterocycles. The van der Waals surface area contributed by atoms with Gasteiger partial charge in [-0.05, 0) is 6.08 Å². The molecule has 16 heavy (non-hydrogen) atoms. The highest BCUT2D eigenvalue weighted by atomic mass is 16.5. The predicted octanol–water partition coefficient (Wildman–Crippen LogP) is -0.789. The van der Waals surface area contributed by atoms with E-state index in [0.717, 1.165) is 0 Å². The molecule has 0 saturated carbocycles. The molecule has 0 radical (unpaired) electrons. The van der Waals surface area contributed by atoms with Crippen LogP contribution in [-0.4, -0.2) is 34.1 Å². The van der Waals surface area contributed by atoms with Crippen LogP contribution in [0.5, 0.6) is 5.88 Å². The predicted molar refractivity (Wildman–Crippen MR) is 56.6 cm³/mol. The molecule has 0 fully saturated rings. The quantitative estimate of drug-likeness (QED) is 0.610. The Kier molecular flexibility index (Phi) is 2.59. The Morgan fingerprint density at radius 1 is 1.31 bits per heavy atom. The van der Waals surface area contributed by atoms with E-state index in [2.05, 4.69) is 9.98 Å². The van der Waals surface area contributed by atoms with Crippen LogP contribution < -0.4 is 11.2 Å². The highest BCUT2D eigenvalue weighted by Crippen LogP contribution is 2.07. The van der Waals surface area contributed by atoms with Crippen molar-refractivity contribution in [3.63, 3.8) is 0 Å². The van der Waals surface area contributed by atoms with Gasteiger partial charge in [0, 0.05) is 6.08 Å². The Bertz CT molecular complexity index is 567. The van der Waals surface area contributed by atoms with Crippen molar-refractivity contribution in [3.8, 4) is 5.88 Å². The highest BCUT2D eigenvalue weighted by Gasteiger charge is 2.07. The maximum atomic E-state index is 11.3. The number of hydrogen-bond donors (Lipinski definition) is 3. The molecule has 3 N–H and O–H groups in total. The summed E-state index contributed by atoms with van der Waals surface area (Å²) in [5.41, 5.74) is -1.47. The zero-order valence-corrected chi connectivity index (χ0v) is 8.19. The fraction of sp³-hybridized carbons (Fsp3) is 0.222. The van der Waals surface area contributed by atoms with E-state index in [1.807, 2.05) is 4.98 Å². The second-order valence-corrected chi connectivity index (χ2v) is 3.07. The number of nitrogens with zero attached hydrogens (tertiary/aromatic N) is 1. The summed E-state index contributed by atoms with van der Waals surface area (Å²) < 4.78 is 5.08. The molecule has 0 saturated heterocycles. The summed E-state index contributed by atoms with van der Waals surface area (Å²) in [5, 5.41) is 9.34. The number of aromatic hydroxyl groups is 1. The molecule has 0 aliphatic carbocycles. The molecule has 1 aromatic rings. The Balaban J connectivity index is 2.34. The standard InChI is InChI=1S/C9H9N3O4/c13-7-5(8(14)12-9(15)11-7)1-2-6-10-3-4-16-6/h1-2H,3-4H2,(H3,11,12,13,14,15). The van der Waals surface area contributed by atoms with Gasteiger partial charge in [-0.1, -0.05) is 0 Å². The summed E-state index contributed by atoms with van der Waals surface area (Å²) >= 11 is 0. The van der Waals surface area contributed by atoms with Gasteiger partial charge >= 0.3 is 5.69 Å². The van der Waals surface area contributed by atoms with E-state index in [4.69, 9.17) is 4.74 Å². The van der Waals surface area contributed by atoms with Crippen molar-refractivity contribution in [3.05, 3.63) is 32.5 Å². The number of H-pyrrole nitrogens is 2. The van der Waals surface area contributed by atoms with Crippen molar-refractivity contribution in [1.82, 2.24) is 9.97 Å². The number of hydrogen-bond acceptors (Lipinski definition) is 5. The third kappa shape index (κ3) is 2.02. The van der Waals surface area contributed by atoms with E-state index < -0.39 is 17.1 Å². The first-order valence-corrected chi connectivity index (χ1v) is 4.58. The third-order valence-corrected chi connectivity index (χ3v) is 1.96. The molecule has 2 rings (SSSR count). The van der Waals surface area contributed by atoms with Crippen molar-refractivity contribution in [1.29, 1.82) is 0 Å². The minimum atomic E-state index is -0.755. The maximum Gasteiger partial charge on any atom is 0.328 e. The van der Waals surface area contributed by atoms with Gasteiger partial charge in [-0.3, -0.25) is 14.8 Å². The van der Waals surface area contributed by atoms with Crippen LogP contribution in [0.3, 0.4) is 0 Å². The Morgan fingerprint density at radius 2 is 2.12 bits per heavy atom. The van der Waals surface area contributed by atoms with Crippen LogP contribution in [0.15, 0.2) is 20.7 Å². The minimum absolute atomic E-state index is 0.0437. The average Bonchev–Trinajstić information content (AvgIpc) is 2.68. The molecule has 2 heterocycles. The third-order valence-electron chi connectivity index (χ3n) is 1.96. The number of aromatic nitrogens is 2. The van der Waals surface area contributed by atoms with Gasteiger partial charge in [-0.15, -0.1) is 0 Å². The summed E-state index contributed by atoms with van der Waals surface area (Å²) in [6.07, 6.45) is 2.78. The van der Waals surface area contributed by atoms with Crippen LogP contribution in [0.1, 0.15) is 5.56 Å². The first-order chi connectivity index (χ1) is 7.66.